The smallest absolute Gasteiger partial charge is 0.166 e. The molecule has 4 nitrogen and oxygen atoms in total. The molecule has 0 N–H and O–H groups in total. The maximum absolute atomic E-state index is 5.37. The largest absolute Gasteiger partial charge is 0.308 e. The molecule has 0 saturated carbocycles. The van der Waals surface area contributed by atoms with Crippen LogP contribution < -0.4 is 0 Å². The minimum atomic E-state index is 0.608. The van der Waals surface area contributed by atoms with Gasteiger partial charge in [0.2, 0.25) is 0 Å². The Morgan fingerprint density at radius 1 is 0.338 bits per heavy atom. The van der Waals surface area contributed by atoms with Crippen molar-refractivity contribution in [3.05, 3.63) is 215 Å². The molecule has 0 radical (unpaired) electrons. The van der Waals surface area contributed by atoms with Gasteiger partial charge >= 0.3 is 0 Å². The van der Waals surface area contributed by atoms with Crippen molar-refractivity contribution in [3.63, 3.8) is 0 Å². The molecule has 0 bridgehead atoms. The molecule has 0 aliphatic carbocycles. The number of benzene rings is 9. The van der Waals surface area contributed by atoms with Gasteiger partial charge in [0.05, 0.1) is 16.7 Å². The van der Waals surface area contributed by atoms with E-state index in [1.165, 1.54) is 86.6 Å². The van der Waals surface area contributed by atoms with Crippen LogP contribution in [0.3, 0.4) is 0 Å². The highest BCUT2D eigenvalue weighted by Gasteiger charge is 2.23. The van der Waals surface area contributed by atoms with Gasteiger partial charge in [0, 0.05) is 47.6 Å². The quantitative estimate of drug-likeness (QED) is 0.160. The standard InChI is InChI=1S/C63H48N4S/c1-37-29-39(3)59(40(4)30-37)47-22-26-54-50(35-47)51-36-48(60-41(5)31-38(2)32-42(60)6)23-27-55(51)67(54)56-25-21-45(46-24-28-58-52(33-46)49-19-13-14-20-57(49)68-58)34-53(56)63-65-61(43-15-9-7-10-16-43)64-62(66-63)44-17-11-8-12-18-44/h7-36H,1-6H3. The van der Waals surface area contributed by atoms with Gasteiger partial charge in [-0.05, 0) is 152 Å². The van der Waals surface area contributed by atoms with E-state index in [0.717, 1.165) is 44.5 Å². The number of hydrogen-bond donors (Lipinski definition) is 0. The summed E-state index contributed by atoms with van der Waals surface area (Å²) in [5.41, 5.74) is 20.9. The third-order valence-corrected chi connectivity index (χ3v) is 14.7. The monoisotopic (exact) mass is 892 g/mol. The maximum atomic E-state index is 5.37. The zero-order valence-electron chi connectivity index (χ0n) is 39.0. The highest BCUT2D eigenvalue weighted by atomic mass is 32.1. The van der Waals surface area contributed by atoms with Gasteiger partial charge in [-0.1, -0.05) is 139 Å². The predicted octanol–water partition coefficient (Wildman–Crippen LogP) is 17.2. The molecule has 12 rings (SSSR count). The second-order valence-electron chi connectivity index (χ2n) is 18.4. The summed E-state index contributed by atoms with van der Waals surface area (Å²) >= 11 is 1.84. The molecule has 0 aliphatic rings. The topological polar surface area (TPSA) is 43.6 Å². The summed E-state index contributed by atoms with van der Waals surface area (Å²) in [6.07, 6.45) is 0. The minimum absolute atomic E-state index is 0.608. The molecular weight excluding hydrogens is 845 g/mol. The lowest BCUT2D eigenvalue weighted by atomic mass is 9.91. The van der Waals surface area contributed by atoms with Crippen LogP contribution in [0.2, 0.25) is 0 Å². The van der Waals surface area contributed by atoms with Crippen LogP contribution in [0, 0.1) is 41.5 Å². The van der Waals surface area contributed by atoms with Crippen molar-refractivity contribution >= 4 is 53.3 Å². The Bertz CT molecular complexity index is 3750. The van der Waals surface area contributed by atoms with Crippen molar-refractivity contribution < 1.29 is 0 Å². The Balaban J connectivity index is 1.16. The summed E-state index contributed by atoms with van der Waals surface area (Å²) in [4.78, 5) is 15.9. The van der Waals surface area contributed by atoms with Gasteiger partial charge in [-0.3, -0.25) is 0 Å². The summed E-state index contributed by atoms with van der Waals surface area (Å²) in [6, 6.07) is 66.2. The predicted molar refractivity (Wildman–Crippen MR) is 288 cm³/mol. The van der Waals surface area contributed by atoms with Crippen molar-refractivity contribution in [3.8, 4) is 73.2 Å². The third kappa shape index (κ3) is 7.10. The SMILES string of the molecule is Cc1cc(C)c(-c2ccc3c(c2)c2cc(-c4c(C)cc(C)cc4C)ccc2n3-c2ccc(-c3ccc4sc5ccccc5c4c3)cc2-c2nc(-c3ccccc3)nc(-c3ccccc3)n2)c(C)c1. The highest BCUT2D eigenvalue weighted by molar-refractivity contribution is 7.25. The fourth-order valence-electron chi connectivity index (χ4n) is 10.8. The third-order valence-electron chi connectivity index (χ3n) is 13.6. The number of rotatable bonds is 7. The summed E-state index contributed by atoms with van der Waals surface area (Å²) < 4.78 is 5.01. The van der Waals surface area contributed by atoms with E-state index in [1.54, 1.807) is 0 Å². The van der Waals surface area contributed by atoms with Crippen molar-refractivity contribution in [2.45, 2.75) is 41.5 Å². The number of aromatic nitrogens is 4. The zero-order chi connectivity index (χ0) is 46.2. The van der Waals surface area contributed by atoms with E-state index in [0.29, 0.717) is 17.5 Å². The van der Waals surface area contributed by atoms with Crippen LogP contribution in [-0.2, 0) is 0 Å². The molecule has 0 amide bonds. The fourth-order valence-corrected chi connectivity index (χ4v) is 11.9. The fraction of sp³-hybridized carbons (Fsp3) is 0.0952. The van der Waals surface area contributed by atoms with E-state index in [2.05, 4.69) is 192 Å². The van der Waals surface area contributed by atoms with Crippen molar-refractivity contribution in [2.24, 2.45) is 0 Å². The Hall–Kier alpha value is -7.99. The second kappa shape index (κ2) is 16.4. The van der Waals surface area contributed by atoms with E-state index in [4.69, 9.17) is 15.0 Å². The zero-order valence-corrected chi connectivity index (χ0v) is 39.8. The first-order valence-corrected chi connectivity index (χ1v) is 24.1. The number of nitrogens with zero attached hydrogens (tertiary/aromatic N) is 4. The van der Waals surface area contributed by atoms with Crippen LogP contribution >= 0.6 is 11.3 Å². The molecule has 9 aromatic carbocycles. The van der Waals surface area contributed by atoms with E-state index >= 15 is 0 Å². The normalized spacial score (nSPS) is 11.7. The summed E-state index contributed by atoms with van der Waals surface area (Å²) in [5.74, 6) is 1.86. The van der Waals surface area contributed by atoms with Crippen LogP contribution in [0.4, 0.5) is 0 Å². The molecule has 0 atom stereocenters. The maximum Gasteiger partial charge on any atom is 0.166 e. The molecule has 0 aliphatic heterocycles. The van der Waals surface area contributed by atoms with Gasteiger partial charge in [-0.15, -0.1) is 11.3 Å². The summed E-state index contributed by atoms with van der Waals surface area (Å²) in [7, 11) is 0. The van der Waals surface area contributed by atoms with Crippen LogP contribution in [0.15, 0.2) is 182 Å². The lowest BCUT2D eigenvalue weighted by Gasteiger charge is -2.17. The van der Waals surface area contributed by atoms with Crippen molar-refractivity contribution in [1.29, 1.82) is 0 Å². The molecule has 0 unspecified atom stereocenters. The van der Waals surface area contributed by atoms with E-state index in [-0.39, 0.29) is 0 Å². The Labute approximate surface area is 400 Å². The lowest BCUT2D eigenvalue weighted by molar-refractivity contribution is 1.06. The lowest BCUT2D eigenvalue weighted by Crippen LogP contribution is -2.04. The average Bonchev–Trinajstić information content (AvgIpc) is 3.88. The molecular formula is C63H48N4S. The van der Waals surface area contributed by atoms with E-state index in [9.17, 15) is 0 Å². The van der Waals surface area contributed by atoms with Crippen LogP contribution in [-0.4, -0.2) is 19.5 Å². The summed E-state index contributed by atoms with van der Waals surface area (Å²) in [6.45, 7) is 13.3. The highest BCUT2D eigenvalue weighted by Crippen LogP contribution is 2.43. The van der Waals surface area contributed by atoms with Gasteiger partial charge in [0.1, 0.15) is 0 Å². The first-order valence-electron chi connectivity index (χ1n) is 23.3. The average molecular weight is 893 g/mol. The first kappa shape index (κ1) is 41.4. The first-order chi connectivity index (χ1) is 33.1. The van der Waals surface area contributed by atoms with Gasteiger partial charge in [0.25, 0.3) is 0 Å². The van der Waals surface area contributed by atoms with Gasteiger partial charge in [-0.2, -0.15) is 0 Å². The number of fused-ring (bicyclic) bond motifs is 6. The summed E-state index contributed by atoms with van der Waals surface area (Å²) in [5, 5.41) is 4.92. The molecule has 3 aromatic heterocycles. The molecule has 0 saturated heterocycles. The van der Waals surface area contributed by atoms with E-state index in [1.807, 2.05) is 47.7 Å². The van der Waals surface area contributed by atoms with Crippen LogP contribution in [0.5, 0.6) is 0 Å². The number of thiophene rings is 1. The van der Waals surface area contributed by atoms with Crippen molar-refractivity contribution in [1.82, 2.24) is 19.5 Å². The minimum Gasteiger partial charge on any atom is -0.308 e. The van der Waals surface area contributed by atoms with Crippen LogP contribution in [0.1, 0.15) is 33.4 Å². The van der Waals surface area contributed by atoms with Gasteiger partial charge in [-0.25, -0.2) is 15.0 Å². The van der Waals surface area contributed by atoms with Gasteiger partial charge < -0.3 is 4.57 Å². The van der Waals surface area contributed by atoms with Gasteiger partial charge in [0.15, 0.2) is 17.5 Å². The van der Waals surface area contributed by atoms with Crippen molar-refractivity contribution in [2.75, 3.05) is 0 Å². The second-order valence-corrected chi connectivity index (χ2v) is 19.5. The van der Waals surface area contributed by atoms with Crippen LogP contribution in [0.25, 0.3) is 115 Å². The molecule has 0 spiro atoms. The van der Waals surface area contributed by atoms with E-state index < -0.39 is 0 Å². The molecule has 0 fully saturated rings. The number of hydrogen-bond acceptors (Lipinski definition) is 4. The molecule has 3 heterocycles. The molecule has 326 valence electrons. The molecule has 12 aromatic rings. The Morgan fingerprint density at radius 2 is 0.779 bits per heavy atom. The Morgan fingerprint density at radius 3 is 1.34 bits per heavy atom. The Kier molecular flexibility index (Phi) is 10.00. The molecule has 68 heavy (non-hydrogen) atoms. The molecule has 5 heteroatoms. The number of aryl methyl sites for hydroxylation is 6.